The molecule has 0 radical (unpaired) electrons. The van der Waals surface area contributed by atoms with Crippen LogP contribution in [0.4, 0.5) is 22.7 Å². The number of anilines is 4. The molecule has 6 N–H and O–H groups in total. The Morgan fingerprint density at radius 1 is 0.350 bits per heavy atom. The SMILES string of the molecule is O=C(Nc1ccc2c(c1)C(=O)c1cc(NC(=O)c3ccc4cc(O)c(C(=O)Nc5ccccc5)cc4c3)ccc1-2)c1ccc2cc(O)c(C(=O)Nc3ccccc3)cc2c1. The average Bonchev–Trinajstić information content (AvgIpc) is 3.53. The van der Waals surface area contributed by atoms with Crippen LogP contribution in [-0.2, 0) is 0 Å². The van der Waals surface area contributed by atoms with Crippen molar-refractivity contribution >= 4 is 73.7 Å². The number of para-hydroxylation sites is 2. The second-order valence-electron chi connectivity index (χ2n) is 14.3. The molecule has 0 heterocycles. The number of aromatic hydroxyl groups is 2. The second-order valence-corrected chi connectivity index (χ2v) is 14.3. The molecule has 0 spiro atoms. The van der Waals surface area contributed by atoms with Gasteiger partial charge in [-0.15, -0.1) is 0 Å². The van der Waals surface area contributed by atoms with Gasteiger partial charge in [-0.3, -0.25) is 24.0 Å². The minimum atomic E-state index is -0.497. The first-order valence-electron chi connectivity index (χ1n) is 18.8. The Morgan fingerprint density at radius 3 is 1.17 bits per heavy atom. The van der Waals surface area contributed by atoms with Crippen LogP contribution >= 0.6 is 0 Å². The Bertz CT molecular complexity index is 2900. The molecule has 4 amide bonds. The zero-order valence-electron chi connectivity index (χ0n) is 31.4. The highest BCUT2D eigenvalue weighted by molar-refractivity contribution is 6.23. The normalized spacial score (nSPS) is 11.4. The molecule has 0 aliphatic heterocycles. The Hall–Kier alpha value is -8.57. The summed E-state index contributed by atoms with van der Waals surface area (Å²) in [4.78, 5) is 66.6. The molecule has 8 aromatic rings. The van der Waals surface area contributed by atoms with Crippen LogP contribution in [0.1, 0.15) is 57.4 Å². The first kappa shape index (κ1) is 37.0. The second kappa shape index (κ2) is 15.1. The fourth-order valence-corrected chi connectivity index (χ4v) is 7.30. The van der Waals surface area contributed by atoms with Crippen molar-refractivity contribution in [3.05, 3.63) is 191 Å². The molecule has 8 aromatic carbocycles. The largest absolute Gasteiger partial charge is 0.507 e. The third-order valence-electron chi connectivity index (χ3n) is 10.3. The van der Waals surface area contributed by atoms with Gasteiger partial charge in [0.1, 0.15) is 11.5 Å². The van der Waals surface area contributed by atoms with Crippen LogP contribution in [-0.4, -0.2) is 39.6 Å². The van der Waals surface area contributed by atoms with Crippen LogP contribution in [0, 0.1) is 0 Å². The van der Waals surface area contributed by atoms with Crippen molar-refractivity contribution in [2.45, 2.75) is 0 Å². The number of hydrogen-bond acceptors (Lipinski definition) is 7. The van der Waals surface area contributed by atoms with Crippen molar-refractivity contribution in [2.24, 2.45) is 0 Å². The summed E-state index contributed by atoms with van der Waals surface area (Å²) in [5.74, 6) is -2.53. The Morgan fingerprint density at radius 2 is 0.750 bits per heavy atom. The van der Waals surface area contributed by atoms with Crippen LogP contribution in [0.15, 0.2) is 158 Å². The predicted octanol–water partition coefficient (Wildman–Crippen LogP) is 9.62. The molecule has 1 aliphatic rings. The smallest absolute Gasteiger partial charge is 0.259 e. The van der Waals surface area contributed by atoms with Gasteiger partial charge in [-0.25, -0.2) is 0 Å². The van der Waals surface area contributed by atoms with Crippen molar-refractivity contribution < 1.29 is 34.2 Å². The molecule has 60 heavy (non-hydrogen) atoms. The first-order chi connectivity index (χ1) is 29.1. The van der Waals surface area contributed by atoms with Crippen LogP contribution < -0.4 is 21.3 Å². The highest BCUT2D eigenvalue weighted by atomic mass is 16.3. The highest BCUT2D eigenvalue weighted by Crippen LogP contribution is 2.39. The number of ketones is 1. The van der Waals surface area contributed by atoms with Crippen LogP contribution in [0.25, 0.3) is 32.7 Å². The maximum Gasteiger partial charge on any atom is 0.259 e. The fourth-order valence-electron chi connectivity index (χ4n) is 7.30. The number of carbonyl (C=O) groups excluding carboxylic acids is 5. The third kappa shape index (κ3) is 7.14. The summed E-state index contributed by atoms with van der Waals surface area (Å²) in [6, 6.07) is 43.7. The van der Waals surface area contributed by atoms with E-state index in [1.807, 2.05) is 12.1 Å². The van der Waals surface area contributed by atoms with Gasteiger partial charge < -0.3 is 31.5 Å². The zero-order chi connectivity index (χ0) is 41.5. The lowest BCUT2D eigenvalue weighted by atomic mass is 10.0. The van der Waals surface area contributed by atoms with E-state index in [4.69, 9.17) is 0 Å². The van der Waals surface area contributed by atoms with E-state index >= 15 is 0 Å². The van der Waals surface area contributed by atoms with Gasteiger partial charge in [0.05, 0.1) is 11.1 Å². The van der Waals surface area contributed by atoms with Crippen molar-refractivity contribution in [2.75, 3.05) is 21.3 Å². The number of nitrogens with one attached hydrogen (secondary N) is 4. The molecule has 0 bridgehead atoms. The molecule has 290 valence electrons. The van der Waals surface area contributed by atoms with E-state index in [-0.39, 0.29) is 28.4 Å². The molecule has 0 unspecified atom stereocenters. The number of hydrogen-bond donors (Lipinski definition) is 6. The number of carbonyl (C=O) groups is 5. The maximum absolute atomic E-state index is 13.7. The third-order valence-corrected chi connectivity index (χ3v) is 10.3. The van der Waals surface area contributed by atoms with E-state index in [0.717, 1.165) is 0 Å². The van der Waals surface area contributed by atoms with E-state index in [2.05, 4.69) is 21.3 Å². The van der Waals surface area contributed by atoms with Gasteiger partial charge in [0.25, 0.3) is 23.6 Å². The number of benzene rings is 8. The Balaban J connectivity index is 0.892. The minimum Gasteiger partial charge on any atom is -0.507 e. The summed E-state index contributed by atoms with van der Waals surface area (Å²) in [6.45, 7) is 0. The summed E-state index contributed by atoms with van der Waals surface area (Å²) in [5.41, 5.74) is 4.79. The lowest BCUT2D eigenvalue weighted by Gasteiger charge is -2.11. The molecule has 0 aromatic heterocycles. The van der Waals surface area contributed by atoms with Gasteiger partial charge in [-0.1, -0.05) is 60.7 Å². The van der Waals surface area contributed by atoms with E-state index in [0.29, 0.717) is 77.7 Å². The topological polar surface area (TPSA) is 174 Å². The van der Waals surface area contributed by atoms with Crippen molar-refractivity contribution in [1.29, 1.82) is 0 Å². The summed E-state index contributed by atoms with van der Waals surface area (Å²) >= 11 is 0. The molecule has 0 atom stereocenters. The fraction of sp³-hybridized carbons (Fsp3) is 0. The predicted molar refractivity (Wildman–Crippen MR) is 231 cm³/mol. The summed E-state index contributed by atoms with van der Waals surface area (Å²) in [5, 5.41) is 34.8. The molecule has 1 aliphatic carbocycles. The van der Waals surface area contributed by atoms with Crippen LogP contribution in [0.3, 0.4) is 0 Å². The average molecular weight is 789 g/mol. The van der Waals surface area contributed by atoms with Crippen LogP contribution in [0.2, 0.25) is 0 Å². The molecule has 0 saturated heterocycles. The summed E-state index contributed by atoms with van der Waals surface area (Å²) in [6.07, 6.45) is 0. The van der Waals surface area contributed by atoms with Gasteiger partial charge in [-0.2, -0.15) is 0 Å². The Labute approximate surface area is 341 Å². The summed E-state index contributed by atoms with van der Waals surface area (Å²) < 4.78 is 0. The van der Waals surface area contributed by atoms with Crippen LogP contribution in [0.5, 0.6) is 11.5 Å². The number of amides is 4. The number of phenolic OH excluding ortho intramolecular Hbond substituents is 2. The quantitative estimate of drug-likeness (QED) is 0.0889. The zero-order valence-corrected chi connectivity index (χ0v) is 31.4. The highest BCUT2D eigenvalue weighted by Gasteiger charge is 2.28. The van der Waals surface area contributed by atoms with Gasteiger partial charge >= 0.3 is 0 Å². The maximum atomic E-state index is 13.7. The Kier molecular flexibility index (Phi) is 9.30. The molecule has 0 saturated carbocycles. The van der Waals surface area contributed by atoms with E-state index in [1.165, 1.54) is 24.3 Å². The molecule has 9 rings (SSSR count). The number of rotatable bonds is 8. The first-order valence-corrected chi connectivity index (χ1v) is 18.8. The van der Waals surface area contributed by atoms with Crippen molar-refractivity contribution in [3.8, 4) is 22.6 Å². The molecule has 11 heteroatoms. The van der Waals surface area contributed by atoms with Gasteiger partial charge in [0, 0.05) is 45.0 Å². The number of fused-ring (bicyclic) bond motifs is 5. The molecule has 11 nitrogen and oxygen atoms in total. The van der Waals surface area contributed by atoms with E-state index < -0.39 is 23.6 Å². The van der Waals surface area contributed by atoms with Gasteiger partial charge in [-0.05, 0) is 130 Å². The van der Waals surface area contributed by atoms with E-state index in [1.54, 1.807) is 121 Å². The van der Waals surface area contributed by atoms with Gasteiger partial charge in [0.15, 0.2) is 5.78 Å². The molecular formula is C49H32N4O7. The van der Waals surface area contributed by atoms with Crippen molar-refractivity contribution in [3.63, 3.8) is 0 Å². The minimum absolute atomic E-state index is 0.0550. The standard InChI is InChI=1S/C49H32N4O7/c54-43-23-27-11-13-29(19-31(27)21-41(43)48(59)50-33-7-3-1-4-8-33)46(57)52-35-15-17-37-38-18-16-36(26-40(38)45(56)39(37)25-35)53-47(58)30-14-12-28-24-44(55)42(22-32(28)20-30)49(60)51-34-9-5-2-6-10-34/h1-26,54-55H,(H,50,59)(H,51,60)(H,52,57)(H,53,58). The molecular weight excluding hydrogens is 757 g/mol. The van der Waals surface area contributed by atoms with Crippen molar-refractivity contribution in [1.82, 2.24) is 0 Å². The van der Waals surface area contributed by atoms with E-state index in [9.17, 15) is 34.2 Å². The summed E-state index contributed by atoms with van der Waals surface area (Å²) in [7, 11) is 0. The lowest BCUT2D eigenvalue weighted by molar-refractivity contribution is 0.101. The monoisotopic (exact) mass is 788 g/mol. The lowest BCUT2D eigenvalue weighted by Crippen LogP contribution is -2.13. The van der Waals surface area contributed by atoms with Gasteiger partial charge in [0.2, 0.25) is 0 Å². The number of phenols is 2. The molecule has 0 fully saturated rings.